The molecule has 0 saturated heterocycles. The van der Waals surface area contributed by atoms with Crippen LogP contribution in [-0.2, 0) is 16.0 Å². The summed E-state index contributed by atoms with van der Waals surface area (Å²) in [5.74, 6) is -0.342. The molecular weight excluding hydrogens is 304 g/mol. The van der Waals surface area contributed by atoms with E-state index in [-0.39, 0.29) is 18.2 Å². The van der Waals surface area contributed by atoms with Gasteiger partial charge >= 0.3 is 0 Å². The van der Waals surface area contributed by atoms with Gasteiger partial charge in [-0.05, 0) is 24.3 Å². The van der Waals surface area contributed by atoms with E-state index in [1.807, 2.05) is 36.4 Å². The second-order valence-electron chi connectivity index (χ2n) is 5.41. The number of benzene rings is 1. The van der Waals surface area contributed by atoms with E-state index in [0.717, 1.165) is 5.69 Å². The maximum absolute atomic E-state index is 12.3. The predicted molar refractivity (Wildman–Crippen MR) is 91.5 cm³/mol. The number of pyridine rings is 1. The molecule has 0 spiro atoms. The maximum atomic E-state index is 12.3. The summed E-state index contributed by atoms with van der Waals surface area (Å²) in [6.45, 7) is 0.480. The largest absolute Gasteiger partial charge is 0.351 e. The van der Waals surface area contributed by atoms with E-state index < -0.39 is 0 Å². The molecule has 1 aromatic carbocycles. The van der Waals surface area contributed by atoms with Gasteiger partial charge in [0.05, 0.1) is 5.69 Å². The van der Waals surface area contributed by atoms with Gasteiger partial charge in [0.25, 0.3) is 5.91 Å². The van der Waals surface area contributed by atoms with Crippen molar-refractivity contribution in [2.75, 3.05) is 11.6 Å². The zero-order chi connectivity index (χ0) is 16.8. The quantitative estimate of drug-likeness (QED) is 0.914. The molecule has 2 heterocycles. The highest BCUT2D eigenvalue weighted by Gasteiger charge is 2.25. The fourth-order valence-electron chi connectivity index (χ4n) is 2.44. The summed E-state index contributed by atoms with van der Waals surface area (Å²) >= 11 is 0. The van der Waals surface area contributed by atoms with Crippen LogP contribution in [0.1, 0.15) is 18.5 Å². The number of hydrogen-bond donors (Lipinski definition) is 1. The summed E-state index contributed by atoms with van der Waals surface area (Å²) in [4.78, 5) is 28.5. The van der Waals surface area contributed by atoms with Crippen LogP contribution in [-0.4, -0.2) is 29.1 Å². The third-order valence-electron chi connectivity index (χ3n) is 3.69. The lowest BCUT2D eigenvalue weighted by Gasteiger charge is -2.23. The van der Waals surface area contributed by atoms with Gasteiger partial charge in [-0.2, -0.15) is 5.10 Å². The van der Waals surface area contributed by atoms with E-state index in [1.54, 1.807) is 18.3 Å². The highest BCUT2D eigenvalue weighted by atomic mass is 16.2. The van der Waals surface area contributed by atoms with Gasteiger partial charge in [0, 0.05) is 37.7 Å². The van der Waals surface area contributed by atoms with E-state index >= 15 is 0 Å². The number of hydrazone groups is 1. The van der Waals surface area contributed by atoms with Crippen molar-refractivity contribution in [3.63, 3.8) is 0 Å². The first kappa shape index (κ1) is 15.9. The Balaban J connectivity index is 1.62. The highest BCUT2D eigenvalue weighted by Crippen LogP contribution is 2.19. The standard InChI is InChI=1S/C18H18N4O2/c23-17-10-9-16(21-22(17)15-7-2-1-3-8-15)18(24)20-13-11-14-6-4-5-12-19-14/h1-8,12H,9-11,13H2,(H,20,24). The number of para-hydroxylation sites is 1. The van der Waals surface area contributed by atoms with E-state index in [1.165, 1.54) is 5.01 Å². The lowest BCUT2D eigenvalue weighted by atomic mass is 10.1. The molecule has 0 aliphatic carbocycles. The average Bonchev–Trinajstić information content (AvgIpc) is 2.63. The average molecular weight is 322 g/mol. The van der Waals surface area contributed by atoms with Crippen molar-refractivity contribution in [2.45, 2.75) is 19.3 Å². The minimum atomic E-state index is -0.237. The molecule has 3 rings (SSSR count). The van der Waals surface area contributed by atoms with Crippen LogP contribution in [0.25, 0.3) is 0 Å². The summed E-state index contributed by atoms with van der Waals surface area (Å²) in [5, 5.41) is 8.37. The van der Waals surface area contributed by atoms with Crippen molar-refractivity contribution in [1.29, 1.82) is 0 Å². The molecule has 1 aliphatic rings. The van der Waals surface area contributed by atoms with Crippen molar-refractivity contribution < 1.29 is 9.59 Å². The van der Waals surface area contributed by atoms with Crippen molar-refractivity contribution in [3.8, 4) is 0 Å². The number of nitrogens with one attached hydrogen (secondary N) is 1. The molecule has 0 fully saturated rings. The zero-order valence-corrected chi connectivity index (χ0v) is 13.2. The van der Waals surface area contributed by atoms with Crippen LogP contribution in [0, 0.1) is 0 Å². The number of aromatic nitrogens is 1. The van der Waals surface area contributed by atoms with Crippen molar-refractivity contribution in [2.24, 2.45) is 5.10 Å². The molecular formula is C18H18N4O2. The van der Waals surface area contributed by atoms with Gasteiger partial charge in [-0.3, -0.25) is 14.6 Å². The van der Waals surface area contributed by atoms with Crippen LogP contribution < -0.4 is 10.3 Å². The first-order valence-electron chi connectivity index (χ1n) is 7.87. The molecule has 0 unspecified atom stereocenters. The molecule has 0 radical (unpaired) electrons. The first-order valence-corrected chi connectivity index (χ1v) is 7.87. The third-order valence-corrected chi connectivity index (χ3v) is 3.69. The Hall–Kier alpha value is -3.02. The van der Waals surface area contributed by atoms with Crippen molar-refractivity contribution in [3.05, 3.63) is 60.4 Å². The number of hydrogen-bond acceptors (Lipinski definition) is 4. The maximum Gasteiger partial charge on any atom is 0.267 e. The Kier molecular flexibility index (Phi) is 4.96. The van der Waals surface area contributed by atoms with E-state index in [0.29, 0.717) is 30.8 Å². The Labute approximate surface area is 140 Å². The summed E-state index contributed by atoms with van der Waals surface area (Å²) in [7, 11) is 0. The Morgan fingerprint density at radius 2 is 1.88 bits per heavy atom. The molecule has 1 aromatic heterocycles. The van der Waals surface area contributed by atoms with Crippen molar-refractivity contribution >= 4 is 23.2 Å². The van der Waals surface area contributed by atoms with Crippen LogP contribution in [0.15, 0.2) is 59.8 Å². The number of amides is 2. The molecule has 2 aromatic rings. The van der Waals surface area contributed by atoms with Crippen LogP contribution in [0.4, 0.5) is 5.69 Å². The zero-order valence-electron chi connectivity index (χ0n) is 13.2. The highest BCUT2D eigenvalue weighted by molar-refractivity contribution is 6.40. The van der Waals surface area contributed by atoms with Gasteiger partial charge in [0.15, 0.2) is 0 Å². The predicted octanol–water partition coefficient (Wildman–Crippen LogP) is 1.92. The fourth-order valence-corrected chi connectivity index (χ4v) is 2.44. The summed E-state index contributed by atoms with van der Waals surface area (Å²) in [6.07, 6.45) is 3.02. The lowest BCUT2D eigenvalue weighted by molar-refractivity contribution is -0.118. The van der Waals surface area contributed by atoms with Crippen LogP contribution in [0.2, 0.25) is 0 Å². The van der Waals surface area contributed by atoms with E-state index in [9.17, 15) is 9.59 Å². The second kappa shape index (κ2) is 7.50. The summed E-state index contributed by atoms with van der Waals surface area (Å²) < 4.78 is 0. The summed E-state index contributed by atoms with van der Waals surface area (Å²) in [5.41, 5.74) is 1.96. The van der Waals surface area contributed by atoms with Crippen LogP contribution >= 0.6 is 0 Å². The molecule has 6 heteroatoms. The molecule has 0 bridgehead atoms. The molecule has 6 nitrogen and oxygen atoms in total. The Morgan fingerprint density at radius 3 is 2.62 bits per heavy atom. The fraction of sp³-hybridized carbons (Fsp3) is 0.222. The number of carbonyl (C=O) groups is 2. The van der Waals surface area contributed by atoms with E-state index in [4.69, 9.17) is 0 Å². The molecule has 1 N–H and O–H groups in total. The minimum Gasteiger partial charge on any atom is -0.351 e. The molecule has 24 heavy (non-hydrogen) atoms. The monoisotopic (exact) mass is 322 g/mol. The van der Waals surface area contributed by atoms with Gasteiger partial charge < -0.3 is 5.32 Å². The lowest BCUT2D eigenvalue weighted by Crippen LogP contribution is -2.39. The van der Waals surface area contributed by atoms with Gasteiger partial charge in [-0.25, -0.2) is 5.01 Å². The summed E-state index contributed by atoms with van der Waals surface area (Å²) in [6, 6.07) is 14.8. The Morgan fingerprint density at radius 1 is 1.08 bits per heavy atom. The van der Waals surface area contributed by atoms with Crippen LogP contribution in [0.3, 0.4) is 0 Å². The number of anilines is 1. The topological polar surface area (TPSA) is 74.7 Å². The number of nitrogens with zero attached hydrogens (tertiary/aromatic N) is 3. The number of carbonyl (C=O) groups excluding carboxylic acids is 2. The molecule has 2 amide bonds. The smallest absolute Gasteiger partial charge is 0.267 e. The molecule has 0 atom stereocenters. The minimum absolute atomic E-state index is 0.105. The van der Waals surface area contributed by atoms with Crippen molar-refractivity contribution in [1.82, 2.24) is 10.3 Å². The van der Waals surface area contributed by atoms with Gasteiger partial charge in [0.2, 0.25) is 5.91 Å². The van der Waals surface area contributed by atoms with E-state index in [2.05, 4.69) is 15.4 Å². The normalized spacial score (nSPS) is 14.2. The second-order valence-corrected chi connectivity index (χ2v) is 5.41. The van der Waals surface area contributed by atoms with Crippen LogP contribution in [0.5, 0.6) is 0 Å². The Bertz CT molecular complexity index is 744. The molecule has 0 saturated carbocycles. The molecule has 122 valence electrons. The SMILES string of the molecule is O=C(NCCc1ccccn1)C1=NN(c2ccccc2)C(=O)CC1. The van der Waals surface area contributed by atoms with Gasteiger partial charge in [0.1, 0.15) is 5.71 Å². The van der Waals surface area contributed by atoms with Gasteiger partial charge in [-0.15, -0.1) is 0 Å². The third kappa shape index (κ3) is 3.84. The van der Waals surface area contributed by atoms with Gasteiger partial charge in [-0.1, -0.05) is 24.3 Å². The first-order chi connectivity index (χ1) is 11.7. The molecule has 1 aliphatic heterocycles. The number of rotatable bonds is 5.